The van der Waals surface area contributed by atoms with Gasteiger partial charge in [-0.1, -0.05) is 24.3 Å². The Hall–Kier alpha value is -3.20. The monoisotopic (exact) mass is 504 g/mol. The Morgan fingerprint density at radius 1 is 1.14 bits per heavy atom. The molecular formula is C28H32N4O3S. The summed E-state index contributed by atoms with van der Waals surface area (Å²) in [7, 11) is 0. The molecule has 0 spiro atoms. The van der Waals surface area contributed by atoms with E-state index in [1.807, 2.05) is 44.2 Å². The van der Waals surface area contributed by atoms with E-state index in [0.717, 1.165) is 42.1 Å². The molecule has 3 heterocycles. The predicted molar refractivity (Wildman–Crippen MR) is 142 cm³/mol. The third kappa shape index (κ3) is 5.78. The maximum absolute atomic E-state index is 13.1. The second kappa shape index (κ2) is 10.8. The maximum Gasteiger partial charge on any atom is 0.252 e. The van der Waals surface area contributed by atoms with Crippen molar-refractivity contribution in [3.05, 3.63) is 76.2 Å². The standard InChI is InChI=1S/C28H32N4O3S/c1-17-6-7-22(35-23-14-29-15-23)12-25(17)28(34)32-18(2)19-4-3-5-20(10-19)26-9-8-24(36-26)16-30-21-11-27(33)31-13-21/h3-10,12,18,21,23,29-30H,11,13-16H2,1-2H3,(H,31,33)(H,32,34). The zero-order valence-corrected chi connectivity index (χ0v) is 21.4. The number of rotatable bonds is 9. The minimum absolute atomic E-state index is 0.105. The highest BCUT2D eigenvalue weighted by Gasteiger charge is 2.21. The van der Waals surface area contributed by atoms with Crippen LogP contribution >= 0.6 is 11.3 Å². The van der Waals surface area contributed by atoms with Crippen LogP contribution in [0.2, 0.25) is 0 Å². The average molecular weight is 505 g/mol. The van der Waals surface area contributed by atoms with Gasteiger partial charge in [0.2, 0.25) is 5.91 Å². The molecular weight excluding hydrogens is 472 g/mol. The van der Waals surface area contributed by atoms with E-state index in [-0.39, 0.29) is 30.0 Å². The van der Waals surface area contributed by atoms with Crippen molar-refractivity contribution in [2.75, 3.05) is 19.6 Å². The molecule has 5 rings (SSSR count). The Kier molecular flexibility index (Phi) is 7.36. The summed E-state index contributed by atoms with van der Waals surface area (Å²) in [5, 5.41) is 12.7. The molecule has 3 aromatic rings. The number of benzene rings is 2. The minimum Gasteiger partial charge on any atom is -0.488 e. The predicted octanol–water partition coefficient (Wildman–Crippen LogP) is 3.54. The molecule has 2 amide bonds. The van der Waals surface area contributed by atoms with Gasteiger partial charge in [0, 0.05) is 54.0 Å². The quantitative estimate of drug-likeness (QED) is 0.358. The smallest absolute Gasteiger partial charge is 0.252 e. The third-order valence-electron chi connectivity index (χ3n) is 6.72. The first-order valence-corrected chi connectivity index (χ1v) is 13.2. The van der Waals surface area contributed by atoms with Gasteiger partial charge in [-0.2, -0.15) is 0 Å². The van der Waals surface area contributed by atoms with Gasteiger partial charge in [0.15, 0.2) is 0 Å². The number of ether oxygens (including phenoxy) is 1. The number of thiophene rings is 1. The number of carbonyl (C=O) groups excluding carboxylic acids is 2. The van der Waals surface area contributed by atoms with E-state index in [0.29, 0.717) is 18.5 Å². The molecule has 7 nitrogen and oxygen atoms in total. The Morgan fingerprint density at radius 3 is 2.75 bits per heavy atom. The Morgan fingerprint density at radius 2 is 2.00 bits per heavy atom. The fourth-order valence-corrected chi connectivity index (χ4v) is 5.35. The van der Waals surface area contributed by atoms with Crippen LogP contribution in [0.1, 0.15) is 45.7 Å². The molecule has 0 saturated carbocycles. The lowest BCUT2D eigenvalue weighted by molar-refractivity contribution is -0.119. The molecule has 2 atom stereocenters. The summed E-state index contributed by atoms with van der Waals surface area (Å²) in [5.41, 5.74) is 3.74. The Balaban J connectivity index is 1.22. The van der Waals surface area contributed by atoms with Gasteiger partial charge < -0.3 is 26.0 Å². The van der Waals surface area contributed by atoms with Crippen LogP contribution in [-0.2, 0) is 11.3 Å². The van der Waals surface area contributed by atoms with E-state index in [9.17, 15) is 9.59 Å². The molecule has 2 aliphatic heterocycles. The van der Waals surface area contributed by atoms with Crippen molar-refractivity contribution in [1.29, 1.82) is 0 Å². The molecule has 2 aromatic carbocycles. The van der Waals surface area contributed by atoms with E-state index < -0.39 is 0 Å². The molecule has 2 aliphatic rings. The van der Waals surface area contributed by atoms with Crippen LogP contribution < -0.4 is 26.0 Å². The van der Waals surface area contributed by atoms with E-state index in [1.54, 1.807) is 11.3 Å². The maximum atomic E-state index is 13.1. The lowest BCUT2D eigenvalue weighted by Crippen LogP contribution is -2.50. The highest BCUT2D eigenvalue weighted by Crippen LogP contribution is 2.30. The van der Waals surface area contributed by atoms with Gasteiger partial charge in [0.05, 0.1) is 6.04 Å². The molecule has 0 bridgehead atoms. The number of hydrogen-bond acceptors (Lipinski definition) is 6. The van der Waals surface area contributed by atoms with E-state index in [2.05, 4.69) is 45.5 Å². The highest BCUT2D eigenvalue weighted by molar-refractivity contribution is 7.15. The lowest BCUT2D eigenvalue weighted by atomic mass is 10.0. The Labute approximate surface area is 215 Å². The van der Waals surface area contributed by atoms with Gasteiger partial charge in [-0.05, 0) is 60.9 Å². The normalized spacial score (nSPS) is 18.4. The van der Waals surface area contributed by atoms with Gasteiger partial charge in [-0.25, -0.2) is 0 Å². The van der Waals surface area contributed by atoms with Crippen molar-refractivity contribution >= 4 is 23.2 Å². The van der Waals surface area contributed by atoms with Crippen LogP contribution in [0.25, 0.3) is 10.4 Å². The molecule has 0 radical (unpaired) electrons. The first-order valence-electron chi connectivity index (χ1n) is 12.4. The van der Waals surface area contributed by atoms with Crippen molar-refractivity contribution in [2.24, 2.45) is 0 Å². The molecule has 8 heteroatoms. The van der Waals surface area contributed by atoms with Crippen molar-refractivity contribution in [3.63, 3.8) is 0 Å². The fourth-order valence-electron chi connectivity index (χ4n) is 4.40. The summed E-state index contributed by atoms with van der Waals surface area (Å²) in [6.07, 6.45) is 0.710. The van der Waals surface area contributed by atoms with E-state index in [4.69, 9.17) is 4.74 Å². The van der Waals surface area contributed by atoms with Crippen LogP contribution in [0, 0.1) is 6.92 Å². The second-order valence-corrected chi connectivity index (χ2v) is 10.7. The summed E-state index contributed by atoms with van der Waals surface area (Å²) >= 11 is 1.74. The first-order chi connectivity index (χ1) is 17.4. The van der Waals surface area contributed by atoms with Crippen molar-refractivity contribution in [3.8, 4) is 16.2 Å². The minimum atomic E-state index is -0.147. The number of hydrogen-bond donors (Lipinski definition) is 4. The van der Waals surface area contributed by atoms with Crippen LogP contribution in [0.5, 0.6) is 5.75 Å². The van der Waals surface area contributed by atoms with E-state index in [1.165, 1.54) is 9.75 Å². The number of aryl methyl sites for hydroxylation is 1. The molecule has 2 saturated heterocycles. The molecule has 2 unspecified atom stereocenters. The summed E-state index contributed by atoms with van der Waals surface area (Å²) < 4.78 is 5.94. The molecule has 188 valence electrons. The number of carbonyl (C=O) groups is 2. The fraction of sp³-hybridized carbons (Fsp3) is 0.357. The zero-order chi connectivity index (χ0) is 25.1. The summed E-state index contributed by atoms with van der Waals surface area (Å²) in [5.74, 6) is 0.734. The molecule has 0 aliphatic carbocycles. The highest BCUT2D eigenvalue weighted by atomic mass is 32.1. The number of amides is 2. The topological polar surface area (TPSA) is 91.5 Å². The Bertz CT molecular complexity index is 1250. The van der Waals surface area contributed by atoms with Crippen molar-refractivity contribution in [2.45, 2.75) is 45.0 Å². The van der Waals surface area contributed by atoms with Crippen molar-refractivity contribution < 1.29 is 14.3 Å². The SMILES string of the molecule is Cc1ccc(OC2CNC2)cc1C(=O)NC(C)c1cccc(-c2ccc(CNC3CNC(=O)C3)s2)c1. The lowest BCUT2D eigenvalue weighted by Gasteiger charge is -2.28. The van der Waals surface area contributed by atoms with Gasteiger partial charge >= 0.3 is 0 Å². The first kappa shape index (κ1) is 24.5. The third-order valence-corrected chi connectivity index (χ3v) is 7.86. The molecule has 4 N–H and O–H groups in total. The molecule has 36 heavy (non-hydrogen) atoms. The molecule has 2 fully saturated rings. The summed E-state index contributed by atoms with van der Waals surface area (Å²) in [6.45, 7) is 7.06. The second-order valence-electron chi connectivity index (χ2n) is 9.55. The van der Waals surface area contributed by atoms with Crippen LogP contribution in [0.3, 0.4) is 0 Å². The van der Waals surface area contributed by atoms with Crippen LogP contribution in [0.15, 0.2) is 54.6 Å². The van der Waals surface area contributed by atoms with Gasteiger partial charge in [-0.3, -0.25) is 9.59 Å². The molecule has 1 aromatic heterocycles. The van der Waals surface area contributed by atoms with Crippen LogP contribution in [-0.4, -0.2) is 43.6 Å². The summed E-state index contributed by atoms with van der Waals surface area (Å²) in [6, 6.07) is 18.3. The summed E-state index contributed by atoms with van der Waals surface area (Å²) in [4.78, 5) is 26.9. The van der Waals surface area contributed by atoms with Gasteiger partial charge in [0.25, 0.3) is 5.91 Å². The zero-order valence-electron chi connectivity index (χ0n) is 20.6. The average Bonchev–Trinajstić information content (AvgIpc) is 3.50. The van der Waals surface area contributed by atoms with Gasteiger partial charge in [0.1, 0.15) is 11.9 Å². The van der Waals surface area contributed by atoms with Gasteiger partial charge in [-0.15, -0.1) is 11.3 Å². The van der Waals surface area contributed by atoms with Crippen LogP contribution in [0.4, 0.5) is 0 Å². The van der Waals surface area contributed by atoms with E-state index >= 15 is 0 Å². The largest absolute Gasteiger partial charge is 0.488 e. The number of nitrogens with one attached hydrogen (secondary N) is 4. The van der Waals surface area contributed by atoms with Crippen molar-refractivity contribution in [1.82, 2.24) is 21.3 Å².